The van der Waals surface area contributed by atoms with Crippen LogP contribution in [0.2, 0.25) is 5.02 Å². The summed E-state index contributed by atoms with van der Waals surface area (Å²) in [6.07, 6.45) is 0.756. The Balaban J connectivity index is 2.18. The molecule has 0 aliphatic rings. The van der Waals surface area contributed by atoms with E-state index in [1.807, 2.05) is 6.92 Å². The first-order valence-electron chi connectivity index (χ1n) is 5.54. The highest BCUT2D eigenvalue weighted by Gasteiger charge is 2.09. The SMILES string of the molecule is CCc1nc(=S)n(CC(=O)c2ccc(Cl)cc2)[nH]1. The molecule has 2 aromatic rings. The fraction of sp³-hybridized carbons (Fsp3) is 0.250. The van der Waals surface area contributed by atoms with Gasteiger partial charge in [0.1, 0.15) is 12.4 Å². The number of nitrogens with zero attached hydrogens (tertiary/aromatic N) is 2. The zero-order valence-corrected chi connectivity index (χ0v) is 11.4. The van der Waals surface area contributed by atoms with E-state index in [1.165, 1.54) is 0 Å². The lowest BCUT2D eigenvalue weighted by atomic mass is 10.1. The number of ketones is 1. The molecule has 0 unspecified atom stereocenters. The molecule has 0 aliphatic carbocycles. The molecule has 94 valence electrons. The van der Waals surface area contributed by atoms with Gasteiger partial charge in [0.05, 0.1) is 0 Å². The second-order valence-corrected chi connectivity index (χ2v) is 4.62. The van der Waals surface area contributed by atoms with Gasteiger partial charge in [0.25, 0.3) is 0 Å². The Labute approximate surface area is 115 Å². The first-order chi connectivity index (χ1) is 8.60. The molecule has 0 radical (unpaired) electrons. The van der Waals surface area contributed by atoms with E-state index in [9.17, 15) is 4.79 Å². The number of aryl methyl sites for hydroxylation is 1. The van der Waals surface area contributed by atoms with E-state index >= 15 is 0 Å². The number of aromatic amines is 1. The third-order valence-corrected chi connectivity index (χ3v) is 3.09. The minimum Gasteiger partial charge on any atom is -0.292 e. The van der Waals surface area contributed by atoms with Crippen molar-refractivity contribution in [2.45, 2.75) is 19.9 Å². The topological polar surface area (TPSA) is 50.7 Å². The fourth-order valence-corrected chi connectivity index (χ4v) is 1.89. The highest BCUT2D eigenvalue weighted by Crippen LogP contribution is 2.10. The number of H-pyrrole nitrogens is 1. The average molecular weight is 282 g/mol. The van der Waals surface area contributed by atoms with E-state index in [1.54, 1.807) is 28.9 Å². The number of hydrogen-bond acceptors (Lipinski definition) is 3. The van der Waals surface area contributed by atoms with Crippen LogP contribution in [0.25, 0.3) is 0 Å². The Hall–Kier alpha value is -1.46. The molecule has 0 saturated carbocycles. The maximum absolute atomic E-state index is 12.0. The minimum atomic E-state index is -0.0333. The summed E-state index contributed by atoms with van der Waals surface area (Å²) in [5.41, 5.74) is 0.606. The molecule has 0 bridgehead atoms. The molecule has 0 spiro atoms. The van der Waals surface area contributed by atoms with Gasteiger partial charge >= 0.3 is 0 Å². The summed E-state index contributed by atoms with van der Waals surface area (Å²) in [4.78, 5) is 16.2. The summed E-state index contributed by atoms with van der Waals surface area (Å²) in [6.45, 7) is 2.13. The van der Waals surface area contributed by atoms with Gasteiger partial charge in [-0.2, -0.15) is 0 Å². The first-order valence-corrected chi connectivity index (χ1v) is 6.33. The van der Waals surface area contributed by atoms with E-state index in [4.69, 9.17) is 23.8 Å². The monoisotopic (exact) mass is 281 g/mol. The van der Waals surface area contributed by atoms with Crippen molar-refractivity contribution in [3.8, 4) is 0 Å². The van der Waals surface area contributed by atoms with Crippen LogP contribution >= 0.6 is 23.8 Å². The summed E-state index contributed by atoms with van der Waals surface area (Å²) < 4.78 is 1.97. The molecular formula is C12H12ClN3OS. The van der Waals surface area contributed by atoms with Crippen LogP contribution in [0.15, 0.2) is 24.3 Å². The van der Waals surface area contributed by atoms with Gasteiger partial charge in [-0.15, -0.1) is 0 Å². The van der Waals surface area contributed by atoms with E-state index in [-0.39, 0.29) is 12.3 Å². The van der Waals surface area contributed by atoms with Crippen LogP contribution in [0.5, 0.6) is 0 Å². The molecular weight excluding hydrogens is 270 g/mol. The van der Waals surface area contributed by atoms with Crippen LogP contribution in [0, 0.1) is 4.77 Å². The Kier molecular flexibility index (Phi) is 3.93. The first kappa shape index (κ1) is 13.0. The van der Waals surface area contributed by atoms with Gasteiger partial charge in [0.15, 0.2) is 5.78 Å². The molecule has 1 heterocycles. The molecule has 6 heteroatoms. The summed E-state index contributed by atoms with van der Waals surface area (Å²) in [5.74, 6) is 0.748. The molecule has 0 atom stereocenters. The number of nitrogens with one attached hydrogen (secondary N) is 1. The normalized spacial score (nSPS) is 10.6. The fourth-order valence-electron chi connectivity index (χ4n) is 1.54. The van der Waals surface area contributed by atoms with Crippen molar-refractivity contribution in [3.05, 3.63) is 45.4 Å². The highest BCUT2D eigenvalue weighted by atomic mass is 35.5. The Morgan fingerprint density at radius 1 is 1.44 bits per heavy atom. The maximum Gasteiger partial charge on any atom is 0.216 e. The quantitative estimate of drug-likeness (QED) is 0.692. The van der Waals surface area contributed by atoms with Crippen LogP contribution in [0.3, 0.4) is 0 Å². The highest BCUT2D eigenvalue weighted by molar-refractivity contribution is 7.71. The molecule has 1 aromatic heterocycles. The molecule has 2 rings (SSSR count). The molecule has 18 heavy (non-hydrogen) atoms. The van der Waals surface area contributed by atoms with Gasteiger partial charge in [-0.25, -0.2) is 4.98 Å². The number of benzene rings is 1. The average Bonchev–Trinajstić information content (AvgIpc) is 2.71. The largest absolute Gasteiger partial charge is 0.292 e. The third-order valence-electron chi connectivity index (χ3n) is 2.53. The smallest absolute Gasteiger partial charge is 0.216 e. The number of Topliss-reactive ketones (excluding diaryl/α,β-unsaturated/α-hetero) is 1. The second-order valence-electron chi connectivity index (χ2n) is 3.82. The van der Waals surface area contributed by atoms with Gasteiger partial charge in [-0.3, -0.25) is 14.6 Å². The van der Waals surface area contributed by atoms with E-state index in [0.29, 0.717) is 15.4 Å². The van der Waals surface area contributed by atoms with Crippen LogP contribution in [0.4, 0.5) is 0 Å². The predicted molar refractivity (Wildman–Crippen MR) is 72.6 cm³/mol. The third kappa shape index (κ3) is 2.86. The van der Waals surface area contributed by atoms with Crippen LogP contribution in [-0.2, 0) is 13.0 Å². The lowest BCUT2D eigenvalue weighted by Crippen LogP contribution is -2.12. The molecule has 0 fully saturated rings. The van der Waals surface area contributed by atoms with E-state index < -0.39 is 0 Å². The summed E-state index contributed by atoms with van der Waals surface area (Å²) in [5, 5.41) is 3.61. The molecule has 0 amide bonds. The van der Waals surface area contributed by atoms with Gasteiger partial charge in [-0.05, 0) is 36.5 Å². The van der Waals surface area contributed by atoms with E-state index in [2.05, 4.69) is 10.1 Å². The molecule has 1 aromatic carbocycles. The Morgan fingerprint density at radius 2 is 2.11 bits per heavy atom. The molecule has 4 nitrogen and oxygen atoms in total. The Morgan fingerprint density at radius 3 is 2.67 bits per heavy atom. The van der Waals surface area contributed by atoms with Gasteiger partial charge in [0, 0.05) is 17.0 Å². The second kappa shape index (κ2) is 5.46. The van der Waals surface area contributed by atoms with Crippen LogP contribution in [-0.4, -0.2) is 20.5 Å². The van der Waals surface area contributed by atoms with Crippen molar-refractivity contribution in [2.24, 2.45) is 0 Å². The van der Waals surface area contributed by atoms with Crippen LogP contribution in [0.1, 0.15) is 23.1 Å². The Bertz CT molecular complexity index is 615. The molecule has 0 aliphatic heterocycles. The van der Waals surface area contributed by atoms with Crippen molar-refractivity contribution in [3.63, 3.8) is 0 Å². The zero-order valence-electron chi connectivity index (χ0n) is 9.81. The lowest BCUT2D eigenvalue weighted by molar-refractivity contribution is 0.0967. The maximum atomic E-state index is 12.0. The number of halogens is 1. The summed E-state index contributed by atoms with van der Waals surface area (Å²) in [7, 11) is 0. The lowest BCUT2D eigenvalue weighted by Gasteiger charge is -2.02. The van der Waals surface area contributed by atoms with Crippen molar-refractivity contribution >= 4 is 29.6 Å². The summed E-state index contributed by atoms with van der Waals surface area (Å²) in [6, 6.07) is 6.79. The summed E-state index contributed by atoms with van der Waals surface area (Å²) >= 11 is 10.9. The van der Waals surface area contributed by atoms with E-state index in [0.717, 1.165) is 12.2 Å². The van der Waals surface area contributed by atoms with Crippen molar-refractivity contribution in [1.29, 1.82) is 0 Å². The minimum absolute atomic E-state index is 0.0333. The van der Waals surface area contributed by atoms with Crippen molar-refractivity contribution < 1.29 is 4.79 Å². The number of hydrogen-bond donors (Lipinski definition) is 1. The van der Waals surface area contributed by atoms with Crippen molar-refractivity contribution in [1.82, 2.24) is 14.8 Å². The van der Waals surface area contributed by atoms with Gasteiger partial charge < -0.3 is 0 Å². The molecule has 0 saturated heterocycles. The van der Waals surface area contributed by atoms with Crippen LogP contribution < -0.4 is 0 Å². The number of rotatable bonds is 4. The van der Waals surface area contributed by atoms with Gasteiger partial charge in [0.2, 0.25) is 4.77 Å². The number of carbonyl (C=O) groups is 1. The van der Waals surface area contributed by atoms with Crippen molar-refractivity contribution in [2.75, 3.05) is 0 Å². The van der Waals surface area contributed by atoms with Gasteiger partial charge in [-0.1, -0.05) is 18.5 Å². The number of aromatic nitrogens is 3. The molecule has 1 N–H and O–H groups in total. The standard InChI is InChI=1S/C12H12ClN3OS/c1-2-11-14-12(18)16(15-11)7-10(17)8-3-5-9(13)6-4-8/h3-6H,2,7H2,1H3,(H,14,15,18). The number of carbonyl (C=O) groups excluding carboxylic acids is 1. The zero-order chi connectivity index (χ0) is 13.1. The predicted octanol–water partition coefficient (Wildman–Crippen LogP) is 3.04.